The van der Waals surface area contributed by atoms with Crippen LogP contribution in [-0.2, 0) is 14.8 Å². The summed E-state index contributed by atoms with van der Waals surface area (Å²) in [5.41, 5.74) is 0.714. The number of fused-ring (bicyclic) bond motifs is 1. The van der Waals surface area contributed by atoms with E-state index < -0.39 is 21.7 Å². The van der Waals surface area contributed by atoms with E-state index in [1.807, 2.05) is 0 Å². The fraction of sp³-hybridized carbons (Fsp3) is 0.0909. The Labute approximate surface area is 117 Å². The summed E-state index contributed by atoms with van der Waals surface area (Å²) in [7, 11) is -3.94. The number of hydrogen-bond donors (Lipinski definition) is 2. The Morgan fingerprint density at radius 3 is 2.84 bits per heavy atom. The van der Waals surface area contributed by atoms with Crippen molar-refractivity contribution in [3.8, 4) is 0 Å². The van der Waals surface area contributed by atoms with Crippen LogP contribution in [0.4, 0.5) is 5.69 Å². The van der Waals surface area contributed by atoms with Crippen molar-refractivity contribution in [1.29, 1.82) is 0 Å². The summed E-state index contributed by atoms with van der Waals surface area (Å²) >= 11 is 3.27. The van der Waals surface area contributed by atoms with Crippen molar-refractivity contribution in [2.24, 2.45) is 0 Å². The molecule has 0 saturated heterocycles. The maximum Gasteiger partial charge on any atom is 0.320 e. The van der Waals surface area contributed by atoms with Crippen LogP contribution in [0.2, 0.25) is 0 Å². The smallest absolute Gasteiger partial charge is 0.320 e. The number of carbonyl (C=O) groups is 1. The van der Waals surface area contributed by atoms with Gasteiger partial charge in [-0.25, -0.2) is 8.42 Å². The minimum atomic E-state index is -3.94. The number of hydrogen-bond acceptors (Lipinski definition) is 4. The number of benzene rings is 1. The molecule has 1 aromatic carbocycles. The lowest BCUT2D eigenvalue weighted by atomic mass is 10.2. The first-order valence-electron chi connectivity index (χ1n) is 5.14. The molecule has 0 aliphatic heterocycles. The van der Waals surface area contributed by atoms with Crippen LogP contribution in [0, 0.1) is 0 Å². The number of carboxylic acids is 1. The van der Waals surface area contributed by atoms with Gasteiger partial charge in [0.25, 0.3) is 0 Å². The molecular weight excluding hydrogens is 336 g/mol. The Kier molecular flexibility index (Phi) is 3.72. The molecule has 0 aliphatic carbocycles. The molecule has 0 aliphatic rings. The molecule has 19 heavy (non-hydrogen) atoms. The Morgan fingerprint density at radius 1 is 1.42 bits per heavy atom. The summed E-state index contributed by atoms with van der Waals surface area (Å²) in [5, 5.41) is 9.28. The minimum Gasteiger partial charge on any atom is -0.480 e. The van der Waals surface area contributed by atoms with Gasteiger partial charge in [-0.05, 0) is 28.1 Å². The summed E-state index contributed by atoms with van der Waals surface area (Å²) < 4.78 is 26.2. The summed E-state index contributed by atoms with van der Waals surface area (Å²) in [4.78, 5) is 14.6. The van der Waals surface area contributed by atoms with Crippen LogP contribution in [0.1, 0.15) is 0 Å². The second-order valence-corrected chi connectivity index (χ2v) is 6.42. The van der Waals surface area contributed by atoms with Crippen molar-refractivity contribution in [3.63, 3.8) is 0 Å². The predicted octanol–water partition coefficient (Wildman–Crippen LogP) is 1.82. The van der Waals surface area contributed by atoms with Crippen molar-refractivity contribution in [1.82, 2.24) is 4.98 Å². The Bertz CT molecular complexity index is 745. The van der Waals surface area contributed by atoms with E-state index in [-0.39, 0.29) is 5.69 Å². The minimum absolute atomic E-state index is 0.256. The number of nitrogens with zero attached hydrogens (tertiary/aromatic N) is 1. The van der Waals surface area contributed by atoms with Crippen LogP contribution in [0.15, 0.2) is 34.9 Å². The Balaban J connectivity index is 2.44. The van der Waals surface area contributed by atoms with Crippen LogP contribution in [-0.4, -0.2) is 30.2 Å². The first-order valence-corrected chi connectivity index (χ1v) is 7.58. The van der Waals surface area contributed by atoms with Crippen LogP contribution in [0.25, 0.3) is 10.9 Å². The molecule has 2 aromatic rings. The molecule has 0 unspecified atom stereocenters. The van der Waals surface area contributed by atoms with Gasteiger partial charge in [-0.3, -0.25) is 14.5 Å². The van der Waals surface area contributed by atoms with E-state index >= 15 is 0 Å². The van der Waals surface area contributed by atoms with Gasteiger partial charge in [0, 0.05) is 16.1 Å². The largest absolute Gasteiger partial charge is 0.480 e. The van der Waals surface area contributed by atoms with Gasteiger partial charge >= 0.3 is 5.97 Å². The standard InChI is InChI=1S/C11H9BrN2O4S/c12-8-4-7-2-1-3-9(11(7)13-5-8)14-19(17,18)6-10(15)16/h1-5,14H,6H2,(H,15,16). The molecule has 1 heterocycles. The van der Waals surface area contributed by atoms with E-state index in [0.717, 1.165) is 9.86 Å². The zero-order valence-electron chi connectivity index (χ0n) is 9.50. The van der Waals surface area contributed by atoms with Gasteiger partial charge in [0.15, 0.2) is 5.75 Å². The molecule has 6 nitrogen and oxygen atoms in total. The van der Waals surface area contributed by atoms with Crippen molar-refractivity contribution in [2.45, 2.75) is 0 Å². The van der Waals surface area contributed by atoms with E-state index in [2.05, 4.69) is 25.6 Å². The predicted molar refractivity (Wildman–Crippen MR) is 74.5 cm³/mol. The topological polar surface area (TPSA) is 96.4 Å². The van der Waals surface area contributed by atoms with E-state index in [4.69, 9.17) is 5.11 Å². The van der Waals surface area contributed by atoms with E-state index in [1.54, 1.807) is 18.2 Å². The van der Waals surface area contributed by atoms with Crippen LogP contribution >= 0.6 is 15.9 Å². The van der Waals surface area contributed by atoms with Crippen LogP contribution < -0.4 is 4.72 Å². The second-order valence-electron chi connectivity index (χ2n) is 3.79. The lowest BCUT2D eigenvalue weighted by Gasteiger charge is -2.08. The normalized spacial score (nSPS) is 11.4. The molecule has 8 heteroatoms. The summed E-state index contributed by atoms with van der Waals surface area (Å²) in [6.07, 6.45) is 1.54. The Morgan fingerprint density at radius 2 is 2.16 bits per heavy atom. The average molecular weight is 345 g/mol. The molecule has 2 N–H and O–H groups in total. The zero-order valence-corrected chi connectivity index (χ0v) is 11.9. The van der Waals surface area contributed by atoms with Gasteiger partial charge in [-0.15, -0.1) is 0 Å². The number of rotatable bonds is 4. The summed E-state index contributed by atoms with van der Waals surface area (Å²) in [5.74, 6) is -2.40. The first-order chi connectivity index (χ1) is 8.87. The SMILES string of the molecule is O=C(O)CS(=O)(=O)Nc1cccc2cc(Br)cnc12. The lowest BCUT2D eigenvalue weighted by Crippen LogP contribution is -2.22. The molecule has 0 saturated carbocycles. The van der Waals surface area contributed by atoms with Gasteiger partial charge < -0.3 is 5.11 Å². The van der Waals surface area contributed by atoms with Gasteiger partial charge in [-0.2, -0.15) is 0 Å². The number of carboxylic acid groups (broad SMARTS) is 1. The van der Waals surface area contributed by atoms with Gasteiger partial charge in [-0.1, -0.05) is 12.1 Å². The van der Waals surface area contributed by atoms with Gasteiger partial charge in [0.05, 0.1) is 11.2 Å². The number of anilines is 1. The molecule has 100 valence electrons. The van der Waals surface area contributed by atoms with Crippen molar-refractivity contribution < 1.29 is 18.3 Å². The molecule has 0 atom stereocenters. The highest BCUT2D eigenvalue weighted by Crippen LogP contribution is 2.24. The number of sulfonamides is 1. The third kappa shape index (κ3) is 3.42. The number of para-hydroxylation sites is 1. The third-order valence-electron chi connectivity index (χ3n) is 2.26. The molecular formula is C11H9BrN2O4S. The van der Waals surface area contributed by atoms with E-state index in [0.29, 0.717) is 5.52 Å². The Hall–Kier alpha value is -1.67. The molecule has 0 spiro atoms. The monoisotopic (exact) mass is 344 g/mol. The number of aliphatic carboxylic acids is 1. The van der Waals surface area contributed by atoms with E-state index in [1.165, 1.54) is 12.3 Å². The highest BCUT2D eigenvalue weighted by Gasteiger charge is 2.17. The molecule has 1 aromatic heterocycles. The molecule has 0 bridgehead atoms. The number of aromatic nitrogens is 1. The number of nitrogens with one attached hydrogen (secondary N) is 1. The van der Waals surface area contributed by atoms with Crippen molar-refractivity contribution >= 4 is 48.5 Å². The first kappa shape index (κ1) is 13.8. The summed E-state index contributed by atoms with van der Waals surface area (Å²) in [6, 6.07) is 6.76. The zero-order chi connectivity index (χ0) is 14.0. The molecule has 0 fully saturated rings. The average Bonchev–Trinajstić information content (AvgIpc) is 2.26. The fourth-order valence-electron chi connectivity index (χ4n) is 1.58. The number of pyridine rings is 1. The quantitative estimate of drug-likeness (QED) is 0.881. The van der Waals surface area contributed by atoms with Crippen molar-refractivity contribution in [3.05, 3.63) is 34.9 Å². The molecule has 0 amide bonds. The number of halogens is 1. The molecule has 2 rings (SSSR count). The molecule has 0 radical (unpaired) electrons. The maximum absolute atomic E-state index is 11.6. The highest BCUT2D eigenvalue weighted by atomic mass is 79.9. The van der Waals surface area contributed by atoms with E-state index in [9.17, 15) is 13.2 Å². The van der Waals surface area contributed by atoms with Crippen molar-refractivity contribution in [2.75, 3.05) is 10.5 Å². The van der Waals surface area contributed by atoms with Crippen LogP contribution in [0.5, 0.6) is 0 Å². The second kappa shape index (κ2) is 5.14. The highest BCUT2D eigenvalue weighted by molar-refractivity contribution is 9.10. The van der Waals surface area contributed by atoms with Gasteiger partial charge in [0.1, 0.15) is 0 Å². The van der Waals surface area contributed by atoms with Crippen LogP contribution in [0.3, 0.4) is 0 Å². The lowest BCUT2D eigenvalue weighted by molar-refractivity contribution is -0.134. The third-order valence-corrected chi connectivity index (χ3v) is 3.85. The summed E-state index contributed by atoms with van der Waals surface area (Å²) in [6.45, 7) is 0. The van der Waals surface area contributed by atoms with Gasteiger partial charge in [0.2, 0.25) is 10.0 Å². The maximum atomic E-state index is 11.6. The fourth-order valence-corrected chi connectivity index (χ4v) is 2.83.